The van der Waals surface area contributed by atoms with E-state index in [1.54, 1.807) is 7.11 Å². The first-order valence-corrected chi connectivity index (χ1v) is 5.25. The fourth-order valence-corrected chi connectivity index (χ4v) is 1.84. The lowest BCUT2D eigenvalue weighted by Gasteiger charge is -2.09. The Bertz CT molecular complexity index is 361. The summed E-state index contributed by atoms with van der Waals surface area (Å²) in [5.74, 6) is 0.560. The maximum absolute atomic E-state index is 11.2. The summed E-state index contributed by atoms with van der Waals surface area (Å²) < 4.78 is 10.2. The number of carbonyl (C=O) groups is 1. The van der Waals surface area contributed by atoms with Crippen LogP contribution in [-0.2, 0) is 9.53 Å². The number of thiol groups is 1. The van der Waals surface area contributed by atoms with Gasteiger partial charge in [0.05, 0.1) is 7.11 Å². The Kier molecular flexibility index (Phi) is 2.86. The molecule has 0 radical (unpaired) electrons. The van der Waals surface area contributed by atoms with E-state index < -0.39 is 0 Å². The molecule has 0 amide bonds. The lowest BCUT2D eigenvalue weighted by molar-refractivity contribution is -0.141. The third kappa shape index (κ3) is 2.09. The highest BCUT2D eigenvalue weighted by molar-refractivity contribution is 7.81. The first kappa shape index (κ1) is 10.4. The summed E-state index contributed by atoms with van der Waals surface area (Å²) in [4.78, 5) is 11.2. The molecule has 2 rings (SSSR count). The largest absolute Gasteiger partial charge is 0.497 e. The standard InChI is InChI=1S/C11H12O3S/c1-13-8-4-2-7(3-5-8)9-6-10(15)11(12)14-9/h2-5,9-10,15H,6H2,1H3/t9-,10-/m0/s1. The molecule has 0 aromatic heterocycles. The smallest absolute Gasteiger partial charge is 0.319 e. The van der Waals surface area contributed by atoms with Crippen LogP contribution in [0, 0.1) is 0 Å². The number of carbonyl (C=O) groups excluding carboxylic acids is 1. The van der Waals surface area contributed by atoms with Crippen LogP contribution in [0.4, 0.5) is 0 Å². The summed E-state index contributed by atoms with van der Waals surface area (Å²) in [5.41, 5.74) is 0.987. The zero-order chi connectivity index (χ0) is 10.8. The molecule has 1 aromatic rings. The minimum Gasteiger partial charge on any atom is -0.497 e. The van der Waals surface area contributed by atoms with E-state index in [4.69, 9.17) is 9.47 Å². The molecular weight excluding hydrogens is 212 g/mol. The minimum absolute atomic E-state index is 0.161. The van der Waals surface area contributed by atoms with Crippen LogP contribution < -0.4 is 4.74 Å². The van der Waals surface area contributed by atoms with Crippen molar-refractivity contribution in [3.63, 3.8) is 0 Å². The average Bonchev–Trinajstić information content (AvgIpc) is 2.59. The molecule has 15 heavy (non-hydrogen) atoms. The average molecular weight is 224 g/mol. The molecule has 0 aliphatic carbocycles. The van der Waals surface area contributed by atoms with Crippen LogP contribution >= 0.6 is 12.6 Å². The molecule has 1 aliphatic heterocycles. The number of hydrogen-bond acceptors (Lipinski definition) is 4. The molecule has 3 nitrogen and oxygen atoms in total. The van der Waals surface area contributed by atoms with E-state index in [1.165, 1.54) is 0 Å². The summed E-state index contributed by atoms with van der Waals surface area (Å²) in [7, 11) is 1.62. The van der Waals surface area contributed by atoms with Gasteiger partial charge in [-0.1, -0.05) is 12.1 Å². The number of methoxy groups -OCH3 is 1. The Hall–Kier alpha value is -1.16. The molecule has 1 heterocycles. The Morgan fingerprint density at radius 2 is 2.07 bits per heavy atom. The molecule has 1 aromatic carbocycles. The number of rotatable bonds is 2. The summed E-state index contributed by atoms with van der Waals surface area (Å²) in [5, 5.41) is -0.294. The molecule has 0 bridgehead atoms. The Morgan fingerprint density at radius 1 is 1.40 bits per heavy atom. The Morgan fingerprint density at radius 3 is 2.53 bits per heavy atom. The first-order valence-electron chi connectivity index (χ1n) is 4.73. The van der Waals surface area contributed by atoms with E-state index in [1.807, 2.05) is 24.3 Å². The van der Waals surface area contributed by atoms with Crippen LogP contribution in [0.3, 0.4) is 0 Å². The van der Waals surface area contributed by atoms with Gasteiger partial charge in [0.25, 0.3) is 0 Å². The monoisotopic (exact) mass is 224 g/mol. The normalized spacial score (nSPS) is 25.1. The molecule has 1 aliphatic rings. The molecule has 0 spiro atoms. The lowest BCUT2D eigenvalue weighted by Crippen LogP contribution is -2.04. The molecule has 4 heteroatoms. The maximum Gasteiger partial charge on any atom is 0.319 e. The van der Waals surface area contributed by atoms with E-state index >= 15 is 0 Å². The molecular formula is C11H12O3S. The topological polar surface area (TPSA) is 35.5 Å². The SMILES string of the molecule is COc1ccc([C@@H]2C[C@H](S)C(=O)O2)cc1. The summed E-state index contributed by atoms with van der Waals surface area (Å²) in [6, 6.07) is 7.52. The van der Waals surface area contributed by atoms with Crippen molar-refractivity contribution < 1.29 is 14.3 Å². The van der Waals surface area contributed by atoms with Gasteiger partial charge >= 0.3 is 5.97 Å². The first-order chi connectivity index (χ1) is 7.20. The Balaban J connectivity index is 2.13. The van der Waals surface area contributed by atoms with Crippen LogP contribution in [-0.4, -0.2) is 18.3 Å². The molecule has 80 valence electrons. The predicted molar refractivity (Wildman–Crippen MR) is 59.2 cm³/mol. The van der Waals surface area contributed by atoms with Gasteiger partial charge < -0.3 is 9.47 Å². The van der Waals surface area contributed by atoms with Crippen molar-refractivity contribution in [2.45, 2.75) is 17.8 Å². The van der Waals surface area contributed by atoms with Gasteiger partial charge in [0, 0.05) is 6.42 Å². The van der Waals surface area contributed by atoms with Crippen LogP contribution in [0.5, 0.6) is 5.75 Å². The fourth-order valence-electron chi connectivity index (χ4n) is 1.59. The van der Waals surface area contributed by atoms with Gasteiger partial charge in [0.1, 0.15) is 17.1 Å². The number of benzene rings is 1. The molecule has 1 fully saturated rings. The molecule has 0 saturated carbocycles. The molecule has 0 N–H and O–H groups in total. The third-order valence-corrected chi connectivity index (χ3v) is 2.88. The van der Waals surface area contributed by atoms with E-state index in [-0.39, 0.29) is 17.3 Å². The number of hydrogen-bond donors (Lipinski definition) is 1. The zero-order valence-electron chi connectivity index (χ0n) is 8.34. The van der Waals surface area contributed by atoms with E-state index in [2.05, 4.69) is 12.6 Å². The highest BCUT2D eigenvalue weighted by Gasteiger charge is 2.32. The lowest BCUT2D eigenvalue weighted by atomic mass is 10.1. The van der Waals surface area contributed by atoms with E-state index in [0.29, 0.717) is 6.42 Å². The minimum atomic E-state index is -0.294. The van der Waals surface area contributed by atoms with Crippen LogP contribution in [0.25, 0.3) is 0 Å². The number of ether oxygens (including phenoxy) is 2. The molecule has 0 unspecified atom stereocenters. The van der Waals surface area contributed by atoms with Gasteiger partial charge in [-0.15, -0.1) is 0 Å². The van der Waals surface area contributed by atoms with Crippen LogP contribution in [0.15, 0.2) is 24.3 Å². The van der Waals surface area contributed by atoms with Crippen molar-refractivity contribution in [1.82, 2.24) is 0 Å². The van der Waals surface area contributed by atoms with Crippen molar-refractivity contribution in [3.8, 4) is 5.75 Å². The van der Waals surface area contributed by atoms with Gasteiger partial charge in [-0.3, -0.25) is 4.79 Å². The maximum atomic E-state index is 11.2. The van der Waals surface area contributed by atoms with Crippen molar-refractivity contribution in [2.24, 2.45) is 0 Å². The summed E-state index contributed by atoms with van der Waals surface area (Å²) >= 11 is 4.14. The van der Waals surface area contributed by atoms with Gasteiger partial charge in [-0.2, -0.15) is 12.6 Å². The number of esters is 1. The summed E-state index contributed by atoms with van der Waals surface area (Å²) in [6.45, 7) is 0. The zero-order valence-corrected chi connectivity index (χ0v) is 9.24. The highest BCUT2D eigenvalue weighted by atomic mass is 32.1. The second-order valence-electron chi connectivity index (χ2n) is 3.45. The van der Waals surface area contributed by atoms with Crippen molar-refractivity contribution >= 4 is 18.6 Å². The van der Waals surface area contributed by atoms with E-state index in [9.17, 15) is 4.79 Å². The second kappa shape index (κ2) is 4.14. The predicted octanol–water partition coefficient (Wildman–Crippen LogP) is 1.98. The highest BCUT2D eigenvalue weighted by Crippen LogP contribution is 2.32. The van der Waals surface area contributed by atoms with Crippen LogP contribution in [0.2, 0.25) is 0 Å². The molecule has 2 atom stereocenters. The fraction of sp³-hybridized carbons (Fsp3) is 0.364. The van der Waals surface area contributed by atoms with E-state index in [0.717, 1.165) is 11.3 Å². The second-order valence-corrected chi connectivity index (χ2v) is 4.07. The van der Waals surface area contributed by atoms with Crippen molar-refractivity contribution in [3.05, 3.63) is 29.8 Å². The van der Waals surface area contributed by atoms with Crippen molar-refractivity contribution in [1.29, 1.82) is 0 Å². The van der Waals surface area contributed by atoms with Crippen molar-refractivity contribution in [2.75, 3.05) is 7.11 Å². The van der Waals surface area contributed by atoms with Gasteiger partial charge in [-0.05, 0) is 17.7 Å². The van der Waals surface area contributed by atoms with Gasteiger partial charge in [0.15, 0.2) is 0 Å². The third-order valence-electron chi connectivity index (χ3n) is 2.46. The molecule has 1 saturated heterocycles. The van der Waals surface area contributed by atoms with Gasteiger partial charge in [-0.25, -0.2) is 0 Å². The Labute approximate surface area is 93.8 Å². The summed E-state index contributed by atoms with van der Waals surface area (Å²) in [6.07, 6.45) is 0.472. The number of cyclic esters (lactones) is 1. The van der Waals surface area contributed by atoms with Gasteiger partial charge in [0.2, 0.25) is 0 Å². The quantitative estimate of drug-likeness (QED) is 0.616. The van der Waals surface area contributed by atoms with Crippen LogP contribution in [0.1, 0.15) is 18.1 Å².